The van der Waals surface area contributed by atoms with Gasteiger partial charge in [0.2, 0.25) is 0 Å². The van der Waals surface area contributed by atoms with Gasteiger partial charge in [-0.25, -0.2) is 4.79 Å². The normalized spacial score (nSPS) is 11.4. The predicted molar refractivity (Wildman–Crippen MR) is 114 cm³/mol. The van der Waals surface area contributed by atoms with E-state index < -0.39 is 5.60 Å². The first-order valence-electron chi connectivity index (χ1n) is 8.67. The first-order chi connectivity index (χ1) is 12.8. The Morgan fingerprint density at radius 3 is 2.56 bits per heavy atom. The molecule has 0 unspecified atom stereocenters. The van der Waals surface area contributed by atoms with Crippen molar-refractivity contribution < 1.29 is 14.3 Å². The van der Waals surface area contributed by atoms with Crippen LogP contribution in [0.2, 0.25) is 0 Å². The lowest BCUT2D eigenvalue weighted by atomic mass is 10.0. The Kier molecular flexibility index (Phi) is 5.97. The van der Waals surface area contributed by atoms with Crippen molar-refractivity contribution >= 4 is 45.7 Å². The van der Waals surface area contributed by atoms with E-state index in [1.165, 1.54) is 4.21 Å². The van der Waals surface area contributed by atoms with Crippen molar-refractivity contribution in [3.63, 3.8) is 0 Å². The molecular formula is C21H23NO3S2. The topological polar surface area (TPSA) is 47.6 Å². The molecule has 0 aliphatic rings. The summed E-state index contributed by atoms with van der Waals surface area (Å²) in [6, 6.07) is 14.2. The minimum Gasteiger partial charge on any atom is -0.482 e. The maximum absolute atomic E-state index is 12.0. The van der Waals surface area contributed by atoms with Gasteiger partial charge in [-0.1, -0.05) is 30.3 Å². The second-order valence-corrected chi connectivity index (χ2v) is 9.16. The summed E-state index contributed by atoms with van der Waals surface area (Å²) in [7, 11) is 0. The third kappa shape index (κ3) is 5.17. The fraction of sp³-hybridized carbons (Fsp3) is 0.286. The molecule has 0 saturated heterocycles. The number of esters is 1. The second kappa shape index (κ2) is 8.23. The molecule has 6 heteroatoms. The van der Waals surface area contributed by atoms with Gasteiger partial charge in [0.15, 0.2) is 6.61 Å². The van der Waals surface area contributed by atoms with Gasteiger partial charge >= 0.3 is 5.97 Å². The van der Waals surface area contributed by atoms with Gasteiger partial charge in [0.1, 0.15) is 11.4 Å². The minimum absolute atomic E-state index is 0.117. The third-order valence-corrected chi connectivity index (χ3v) is 5.65. The number of hydrogen-bond donors (Lipinski definition) is 1. The van der Waals surface area contributed by atoms with Gasteiger partial charge in [-0.2, -0.15) is 0 Å². The zero-order valence-corrected chi connectivity index (χ0v) is 17.5. The standard InChI is InChI=1S/C21H23NO3S2/c1-14-15-8-5-6-9-16(15)17(22-27-20-10-7-11-26-20)12-18(14)24-13-19(23)25-21(2,3)4/h5-12,22H,13H2,1-4H3. The lowest BCUT2D eigenvalue weighted by Gasteiger charge is -2.20. The van der Waals surface area contributed by atoms with E-state index in [2.05, 4.69) is 22.9 Å². The van der Waals surface area contributed by atoms with E-state index in [0.717, 1.165) is 22.0 Å². The highest BCUT2D eigenvalue weighted by Gasteiger charge is 2.18. The lowest BCUT2D eigenvalue weighted by molar-refractivity contribution is -0.157. The zero-order chi connectivity index (χ0) is 19.4. The van der Waals surface area contributed by atoms with Gasteiger partial charge in [0.05, 0.1) is 9.90 Å². The zero-order valence-electron chi connectivity index (χ0n) is 15.9. The van der Waals surface area contributed by atoms with Crippen molar-refractivity contribution in [2.24, 2.45) is 0 Å². The second-order valence-electron chi connectivity index (χ2n) is 7.10. The first kappa shape index (κ1) is 19.6. The molecule has 0 atom stereocenters. The monoisotopic (exact) mass is 401 g/mol. The highest BCUT2D eigenvalue weighted by molar-refractivity contribution is 8.02. The molecular weight excluding hydrogens is 378 g/mol. The van der Waals surface area contributed by atoms with Crippen LogP contribution in [-0.4, -0.2) is 18.2 Å². The molecule has 1 aromatic heterocycles. The number of ether oxygens (including phenoxy) is 2. The van der Waals surface area contributed by atoms with Crippen molar-refractivity contribution in [3.8, 4) is 5.75 Å². The molecule has 27 heavy (non-hydrogen) atoms. The molecule has 3 aromatic rings. The average molecular weight is 402 g/mol. The van der Waals surface area contributed by atoms with Crippen LogP contribution in [-0.2, 0) is 9.53 Å². The molecule has 1 N–H and O–H groups in total. The molecule has 0 amide bonds. The van der Waals surface area contributed by atoms with E-state index in [1.54, 1.807) is 23.3 Å². The van der Waals surface area contributed by atoms with Gasteiger partial charge in [-0.05, 0) is 62.0 Å². The van der Waals surface area contributed by atoms with Crippen molar-refractivity contribution in [1.82, 2.24) is 0 Å². The number of anilines is 1. The molecule has 2 aromatic carbocycles. The SMILES string of the molecule is Cc1c(OCC(=O)OC(C)(C)C)cc(NSc2cccs2)c2ccccc12. The summed E-state index contributed by atoms with van der Waals surface area (Å²) in [6.07, 6.45) is 0. The Morgan fingerprint density at radius 1 is 1.15 bits per heavy atom. The van der Waals surface area contributed by atoms with Gasteiger partial charge in [-0.3, -0.25) is 0 Å². The maximum atomic E-state index is 12.0. The molecule has 3 rings (SSSR count). The van der Waals surface area contributed by atoms with Crippen molar-refractivity contribution in [1.29, 1.82) is 0 Å². The smallest absolute Gasteiger partial charge is 0.344 e. The fourth-order valence-corrected chi connectivity index (χ4v) is 4.12. The number of aryl methyl sites for hydroxylation is 1. The number of nitrogens with one attached hydrogen (secondary N) is 1. The average Bonchev–Trinajstić information content (AvgIpc) is 3.12. The van der Waals surface area contributed by atoms with Crippen molar-refractivity contribution in [2.45, 2.75) is 37.5 Å². The quantitative estimate of drug-likeness (QED) is 0.402. The van der Waals surface area contributed by atoms with E-state index in [1.807, 2.05) is 57.3 Å². The minimum atomic E-state index is -0.525. The van der Waals surface area contributed by atoms with Crippen LogP contribution in [0.25, 0.3) is 10.8 Å². The molecule has 0 aliphatic heterocycles. The number of fused-ring (bicyclic) bond motifs is 1. The molecule has 0 radical (unpaired) electrons. The number of carbonyl (C=O) groups excluding carboxylic acids is 1. The van der Waals surface area contributed by atoms with Crippen LogP contribution in [0.15, 0.2) is 52.1 Å². The summed E-state index contributed by atoms with van der Waals surface area (Å²) < 4.78 is 15.7. The largest absolute Gasteiger partial charge is 0.482 e. The van der Waals surface area contributed by atoms with Gasteiger partial charge in [0.25, 0.3) is 0 Å². The number of hydrogen-bond acceptors (Lipinski definition) is 6. The summed E-state index contributed by atoms with van der Waals surface area (Å²) in [4.78, 5) is 12.0. The number of carbonyl (C=O) groups is 1. The molecule has 0 aliphatic carbocycles. The lowest BCUT2D eigenvalue weighted by Crippen LogP contribution is -2.27. The maximum Gasteiger partial charge on any atom is 0.344 e. The molecule has 4 nitrogen and oxygen atoms in total. The van der Waals surface area contributed by atoms with Crippen LogP contribution in [0.1, 0.15) is 26.3 Å². The van der Waals surface area contributed by atoms with E-state index in [4.69, 9.17) is 9.47 Å². The highest BCUT2D eigenvalue weighted by atomic mass is 32.2. The summed E-state index contributed by atoms with van der Waals surface area (Å²) in [5.74, 6) is 0.298. The number of thiophene rings is 1. The molecule has 0 fully saturated rings. The Labute approximate surface area is 168 Å². The Morgan fingerprint density at radius 2 is 1.89 bits per heavy atom. The van der Waals surface area contributed by atoms with Crippen LogP contribution in [0.5, 0.6) is 5.75 Å². The summed E-state index contributed by atoms with van der Waals surface area (Å²) >= 11 is 3.25. The van der Waals surface area contributed by atoms with Crippen molar-refractivity contribution in [2.75, 3.05) is 11.3 Å². The van der Waals surface area contributed by atoms with Crippen LogP contribution in [0.3, 0.4) is 0 Å². The Bertz CT molecular complexity index is 930. The van der Waals surface area contributed by atoms with E-state index in [-0.39, 0.29) is 12.6 Å². The first-order valence-corrected chi connectivity index (χ1v) is 10.4. The Hall–Kier alpha value is -2.18. The van der Waals surface area contributed by atoms with Crippen molar-refractivity contribution in [3.05, 3.63) is 53.4 Å². The Balaban J connectivity index is 1.84. The highest BCUT2D eigenvalue weighted by Crippen LogP contribution is 2.36. The summed E-state index contributed by atoms with van der Waals surface area (Å²) in [6.45, 7) is 7.42. The van der Waals surface area contributed by atoms with Crippen LogP contribution < -0.4 is 9.46 Å². The van der Waals surface area contributed by atoms with Crippen LogP contribution in [0, 0.1) is 6.92 Å². The number of rotatable bonds is 6. The summed E-state index contributed by atoms with van der Waals surface area (Å²) in [5.41, 5.74) is 1.43. The molecule has 1 heterocycles. The van der Waals surface area contributed by atoms with E-state index in [9.17, 15) is 4.79 Å². The molecule has 0 spiro atoms. The molecule has 0 bridgehead atoms. The van der Waals surface area contributed by atoms with Crippen LogP contribution >= 0.6 is 23.3 Å². The van der Waals surface area contributed by atoms with E-state index in [0.29, 0.717) is 5.75 Å². The molecule has 142 valence electrons. The van der Waals surface area contributed by atoms with Gasteiger partial charge in [0, 0.05) is 11.5 Å². The molecule has 0 saturated carbocycles. The summed E-state index contributed by atoms with van der Waals surface area (Å²) in [5, 5.41) is 4.25. The van der Waals surface area contributed by atoms with Gasteiger partial charge < -0.3 is 14.2 Å². The fourth-order valence-electron chi connectivity index (χ4n) is 2.66. The van der Waals surface area contributed by atoms with Gasteiger partial charge in [-0.15, -0.1) is 11.3 Å². The third-order valence-electron chi connectivity index (χ3n) is 3.79. The van der Waals surface area contributed by atoms with E-state index >= 15 is 0 Å². The number of benzene rings is 2. The predicted octanol–water partition coefficient (Wildman–Crippen LogP) is 6.05. The van der Waals surface area contributed by atoms with Crippen LogP contribution in [0.4, 0.5) is 5.69 Å².